The Labute approximate surface area is 103 Å². The van der Waals surface area contributed by atoms with Gasteiger partial charge in [-0.1, -0.05) is 0 Å². The first-order chi connectivity index (χ1) is 7.60. The smallest absolute Gasteiger partial charge is 0.0877 e. The summed E-state index contributed by atoms with van der Waals surface area (Å²) in [7, 11) is 1.85. The lowest BCUT2D eigenvalue weighted by atomic mass is 10.3. The van der Waals surface area contributed by atoms with Crippen molar-refractivity contribution in [2.24, 2.45) is 7.05 Å². The summed E-state index contributed by atoms with van der Waals surface area (Å²) in [6.07, 6.45) is 0. The van der Waals surface area contributed by atoms with Crippen molar-refractivity contribution < 1.29 is 0 Å². The number of hydrogen-bond donors (Lipinski definition) is 0. The molecule has 0 fully saturated rings. The van der Waals surface area contributed by atoms with E-state index in [2.05, 4.69) is 21.0 Å². The molecule has 84 valence electrons. The zero-order valence-corrected chi connectivity index (χ0v) is 10.8. The van der Waals surface area contributed by atoms with Crippen molar-refractivity contribution in [2.45, 2.75) is 13.5 Å². The van der Waals surface area contributed by atoms with E-state index in [1.807, 2.05) is 26.1 Å². The molecule has 0 aliphatic heterocycles. The molecule has 0 radical (unpaired) electrons. The van der Waals surface area contributed by atoms with Gasteiger partial charge in [0.2, 0.25) is 0 Å². The SMILES string of the molecule is Cc1nn(C)c(CN(CC#N)CC#N)c1Br. The van der Waals surface area contributed by atoms with Crippen molar-refractivity contribution in [1.82, 2.24) is 14.7 Å². The highest BCUT2D eigenvalue weighted by Crippen LogP contribution is 2.21. The van der Waals surface area contributed by atoms with Gasteiger partial charge in [-0.25, -0.2) is 0 Å². The van der Waals surface area contributed by atoms with E-state index in [9.17, 15) is 0 Å². The Bertz CT molecular complexity index is 435. The van der Waals surface area contributed by atoms with Gasteiger partial charge in [-0.15, -0.1) is 0 Å². The van der Waals surface area contributed by atoms with Crippen LogP contribution in [0, 0.1) is 29.6 Å². The van der Waals surface area contributed by atoms with Gasteiger partial charge < -0.3 is 0 Å². The van der Waals surface area contributed by atoms with Crippen LogP contribution in [0.25, 0.3) is 0 Å². The molecule has 0 amide bonds. The van der Waals surface area contributed by atoms with Crippen LogP contribution in [0.4, 0.5) is 0 Å². The predicted molar refractivity (Wildman–Crippen MR) is 62.1 cm³/mol. The van der Waals surface area contributed by atoms with Crippen LogP contribution in [0.15, 0.2) is 4.47 Å². The van der Waals surface area contributed by atoms with Crippen LogP contribution < -0.4 is 0 Å². The highest BCUT2D eigenvalue weighted by molar-refractivity contribution is 9.10. The van der Waals surface area contributed by atoms with Gasteiger partial charge >= 0.3 is 0 Å². The zero-order valence-electron chi connectivity index (χ0n) is 9.24. The molecule has 16 heavy (non-hydrogen) atoms. The molecule has 0 saturated carbocycles. The summed E-state index contributed by atoms with van der Waals surface area (Å²) in [5, 5.41) is 21.6. The summed E-state index contributed by atoms with van der Waals surface area (Å²) < 4.78 is 2.71. The fourth-order valence-electron chi connectivity index (χ4n) is 1.43. The van der Waals surface area contributed by atoms with E-state index >= 15 is 0 Å². The molecular weight excluding hydrogens is 270 g/mol. The lowest BCUT2D eigenvalue weighted by Crippen LogP contribution is -2.25. The first-order valence-corrected chi connectivity index (χ1v) is 5.53. The molecule has 0 N–H and O–H groups in total. The average molecular weight is 282 g/mol. The number of nitriles is 2. The van der Waals surface area contributed by atoms with Crippen molar-refractivity contribution in [2.75, 3.05) is 13.1 Å². The molecule has 1 aromatic rings. The van der Waals surface area contributed by atoms with Gasteiger partial charge in [-0.3, -0.25) is 9.58 Å². The van der Waals surface area contributed by atoms with E-state index in [4.69, 9.17) is 10.5 Å². The van der Waals surface area contributed by atoms with Crippen molar-refractivity contribution in [3.8, 4) is 12.1 Å². The van der Waals surface area contributed by atoms with E-state index in [0.29, 0.717) is 6.54 Å². The topological polar surface area (TPSA) is 68.6 Å². The number of hydrogen-bond acceptors (Lipinski definition) is 4. The summed E-state index contributed by atoms with van der Waals surface area (Å²) >= 11 is 3.46. The first kappa shape index (κ1) is 12.7. The molecule has 0 saturated heterocycles. The Kier molecular flexibility index (Phi) is 4.48. The maximum absolute atomic E-state index is 8.65. The maximum Gasteiger partial charge on any atom is 0.0877 e. The van der Waals surface area contributed by atoms with E-state index in [1.165, 1.54) is 0 Å². The largest absolute Gasteiger partial charge is 0.271 e. The highest BCUT2D eigenvalue weighted by atomic mass is 79.9. The quantitative estimate of drug-likeness (QED) is 0.781. The van der Waals surface area contributed by atoms with Gasteiger partial charge in [-0.2, -0.15) is 15.6 Å². The Balaban J connectivity index is 2.86. The van der Waals surface area contributed by atoms with Gasteiger partial charge in [0.15, 0.2) is 0 Å². The monoisotopic (exact) mass is 281 g/mol. The Morgan fingerprint density at radius 2 is 1.94 bits per heavy atom. The van der Waals surface area contributed by atoms with E-state index in [1.54, 1.807) is 9.58 Å². The van der Waals surface area contributed by atoms with Gasteiger partial charge in [0, 0.05) is 13.6 Å². The third-order valence-electron chi connectivity index (χ3n) is 2.22. The molecular formula is C10H12BrN5. The van der Waals surface area contributed by atoms with Crippen molar-refractivity contribution in [3.05, 3.63) is 15.9 Å². The van der Waals surface area contributed by atoms with Crippen molar-refractivity contribution in [3.63, 3.8) is 0 Å². The standard InChI is InChI=1S/C10H12BrN5/c1-8-10(11)9(15(2)14-8)7-16(5-3-12)6-4-13/h5-7H2,1-2H3. The van der Waals surface area contributed by atoms with E-state index in [0.717, 1.165) is 15.9 Å². The van der Waals surface area contributed by atoms with Crippen LogP contribution in [0.1, 0.15) is 11.4 Å². The van der Waals surface area contributed by atoms with Gasteiger partial charge in [0.25, 0.3) is 0 Å². The second-order valence-corrected chi connectivity index (χ2v) is 4.22. The maximum atomic E-state index is 8.65. The Morgan fingerprint density at radius 3 is 2.31 bits per heavy atom. The minimum Gasteiger partial charge on any atom is -0.271 e. The normalized spacial score (nSPS) is 10.1. The lowest BCUT2D eigenvalue weighted by molar-refractivity contribution is 0.324. The fraction of sp³-hybridized carbons (Fsp3) is 0.500. The molecule has 0 aliphatic carbocycles. The number of nitrogens with zero attached hydrogens (tertiary/aromatic N) is 5. The molecule has 1 heterocycles. The van der Waals surface area contributed by atoms with Crippen LogP contribution >= 0.6 is 15.9 Å². The molecule has 0 aliphatic rings. The summed E-state index contributed by atoms with van der Waals surface area (Å²) in [4.78, 5) is 1.77. The molecule has 0 atom stereocenters. The van der Waals surface area contributed by atoms with Gasteiger partial charge in [-0.05, 0) is 22.9 Å². The number of aromatic nitrogens is 2. The second-order valence-electron chi connectivity index (χ2n) is 3.43. The summed E-state index contributed by atoms with van der Waals surface area (Å²) in [6, 6.07) is 4.10. The average Bonchev–Trinajstić information content (AvgIpc) is 2.46. The molecule has 1 aromatic heterocycles. The van der Waals surface area contributed by atoms with Crippen LogP contribution in [-0.4, -0.2) is 27.8 Å². The molecule has 1 rings (SSSR count). The van der Waals surface area contributed by atoms with Crippen molar-refractivity contribution >= 4 is 15.9 Å². The predicted octanol–water partition coefficient (Wildman–Crippen LogP) is 1.34. The molecule has 0 spiro atoms. The minimum atomic E-state index is 0.240. The van der Waals surface area contributed by atoms with Crippen LogP contribution in [-0.2, 0) is 13.6 Å². The zero-order chi connectivity index (χ0) is 12.1. The highest BCUT2D eigenvalue weighted by Gasteiger charge is 2.14. The molecule has 5 nitrogen and oxygen atoms in total. The van der Waals surface area contributed by atoms with Crippen LogP contribution in [0.3, 0.4) is 0 Å². The first-order valence-electron chi connectivity index (χ1n) is 4.74. The molecule has 0 unspecified atom stereocenters. The Hall–Kier alpha value is -1.37. The van der Waals surface area contributed by atoms with Gasteiger partial charge in [0.05, 0.1) is 41.1 Å². The summed E-state index contributed by atoms with van der Waals surface area (Å²) in [5.41, 5.74) is 1.88. The van der Waals surface area contributed by atoms with Gasteiger partial charge in [0.1, 0.15) is 0 Å². The van der Waals surface area contributed by atoms with E-state index < -0.39 is 0 Å². The molecule has 0 bridgehead atoms. The van der Waals surface area contributed by atoms with E-state index in [-0.39, 0.29) is 13.1 Å². The number of rotatable bonds is 4. The van der Waals surface area contributed by atoms with Crippen LogP contribution in [0.5, 0.6) is 0 Å². The number of halogens is 1. The minimum absolute atomic E-state index is 0.240. The Morgan fingerprint density at radius 1 is 1.38 bits per heavy atom. The second kappa shape index (κ2) is 5.64. The molecule has 0 aromatic carbocycles. The van der Waals surface area contributed by atoms with Crippen LogP contribution in [0.2, 0.25) is 0 Å². The third kappa shape index (κ3) is 2.82. The number of aryl methyl sites for hydroxylation is 2. The molecule has 6 heteroatoms. The third-order valence-corrected chi connectivity index (χ3v) is 3.26. The summed E-state index contributed by atoms with van der Waals surface area (Å²) in [6.45, 7) is 2.93. The lowest BCUT2D eigenvalue weighted by Gasteiger charge is -2.15. The fourth-order valence-corrected chi connectivity index (χ4v) is 1.89. The van der Waals surface area contributed by atoms with Crippen molar-refractivity contribution in [1.29, 1.82) is 10.5 Å². The summed E-state index contributed by atoms with van der Waals surface area (Å²) in [5.74, 6) is 0.